The number of nitriles is 1. The zero-order valence-corrected chi connectivity index (χ0v) is 11.9. The Bertz CT molecular complexity index is 484. The van der Waals surface area contributed by atoms with Crippen molar-refractivity contribution in [2.75, 3.05) is 20.1 Å². The first-order chi connectivity index (χ1) is 9.63. The molecule has 106 valence electrons. The van der Waals surface area contributed by atoms with Gasteiger partial charge in [0.05, 0.1) is 6.07 Å². The zero-order valence-electron chi connectivity index (χ0n) is 11.9. The van der Waals surface area contributed by atoms with E-state index >= 15 is 0 Å². The summed E-state index contributed by atoms with van der Waals surface area (Å²) < 4.78 is 0. The van der Waals surface area contributed by atoms with Crippen LogP contribution in [0.3, 0.4) is 0 Å². The average molecular weight is 271 g/mol. The van der Waals surface area contributed by atoms with E-state index in [-0.39, 0.29) is 5.91 Å². The van der Waals surface area contributed by atoms with Crippen LogP contribution in [0, 0.1) is 11.3 Å². The molecule has 1 aromatic rings. The summed E-state index contributed by atoms with van der Waals surface area (Å²) >= 11 is 0. The van der Waals surface area contributed by atoms with E-state index in [2.05, 4.69) is 16.3 Å². The summed E-state index contributed by atoms with van der Waals surface area (Å²) in [5.74, 6) is -0.0278. The Labute approximate surface area is 120 Å². The monoisotopic (exact) mass is 271 g/mol. The second-order valence-electron chi connectivity index (χ2n) is 5.53. The average Bonchev–Trinajstić information content (AvgIpc) is 2.49. The molecule has 0 saturated carbocycles. The van der Waals surface area contributed by atoms with Crippen LogP contribution in [0.4, 0.5) is 0 Å². The molecule has 0 bridgehead atoms. The van der Waals surface area contributed by atoms with Gasteiger partial charge in [-0.15, -0.1) is 0 Å². The molecule has 1 N–H and O–H groups in total. The molecule has 1 heterocycles. The van der Waals surface area contributed by atoms with Crippen LogP contribution >= 0.6 is 0 Å². The number of hydrogen-bond acceptors (Lipinski definition) is 3. The van der Waals surface area contributed by atoms with Crippen LogP contribution < -0.4 is 5.32 Å². The van der Waals surface area contributed by atoms with Gasteiger partial charge in [0.1, 0.15) is 5.54 Å². The molecule has 0 aromatic heterocycles. The fraction of sp³-hybridized carbons (Fsp3) is 0.500. The van der Waals surface area contributed by atoms with Gasteiger partial charge in [-0.05, 0) is 31.9 Å². The molecule has 0 radical (unpaired) electrons. The number of aryl methyl sites for hydroxylation is 1. The largest absolute Gasteiger partial charge is 0.338 e. The molecule has 0 atom stereocenters. The maximum atomic E-state index is 12.1. The third-order valence-electron chi connectivity index (χ3n) is 3.92. The Morgan fingerprint density at radius 1 is 1.35 bits per heavy atom. The van der Waals surface area contributed by atoms with Crippen LogP contribution in [0.25, 0.3) is 0 Å². The number of hydrogen-bond donors (Lipinski definition) is 1. The minimum Gasteiger partial charge on any atom is -0.338 e. The van der Waals surface area contributed by atoms with E-state index < -0.39 is 5.54 Å². The summed E-state index contributed by atoms with van der Waals surface area (Å²) in [5.41, 5.74) is 0.484. The molecule has 1 aliphatic rings. The standard InChI is InChI=1S/C16H21N3O/c1-19-11-9-16(13-17,10-12-19)18-15(20)8-7-14-5-3-2-4-6-14/h2-6H,7-12H2,1H3,(H,18,20). The highest BCUT2D eigenvalue weighted by Crippen LogP contribution is 2.21. The van der Waals surface area contributed by atoms with Gasteiger partial charge in [-0.2, -0.15) is 5.26 Å². The molecule has 0 unspecified atom stereocenters. The van der Waals surface area contributed by atoms with Crippen molar-refractivity contribution in [2.24, 2.45) is 0 Å². The van der Waals surface area contributed by atoms with Crippen LogP contribution in [-0.4, -0.2) is 36.5 Å². The number of carbonyl (C=O) groups excluding carboxylic acids is 1. The van der Waals surface area contributed by atoms with Gasteiger partial charge in [-0.3, -0.25) is 4.79 Å². The lowest BCUT2D eigenvalue weighted by Gasteiger charge is -2.36. The molecule has 20 heavy (non-hydrogen) atoms. The molecular formula is C16H21N3O. The Hall–Kier alpha value is -1.86. The van der Waals surface area contributed by atoms with E-state index in [0.717, 1.165) is 18.7 Å². The van der Waals surface area contributed by atoms with Crippen molar-refractivity contribution in [2.45, 2.75) is 31.2 Å². The van der Waals surface area contributed by atoms with Gasteiger partial charge >= 0.3 is 0 Å². The first-order valence-corrected chi connectivity index (χ1v) is 7.08. The second-order valence-corrected chi connectivity index (χ2v) is 5.53. The third kappa shape index (κ3) is 3.82. The van der Waals surface area contributed by atoms with Gasteiger partial charge in [-0.25, -0.2) is 0 Å². The summed E-state index contributed by atoms with van der Waals surface area (Å²) in [6.45, 7) is 1.71. The third-order valence-corrected chi connectivity index (χ3v) is 3.92. The Morgan fingerprint density at radius 2 is 2.00 bits per heavy atom. The van der Waals surface area contributed by atoms with Crippen molar-refractivity contribution in [3.63, 3.8) is 0 Å². The lowest BCUT2D eigenvalue weighted by Crippen LogP contribution is -2.53. The van der Waals surface area contributed by atoms with Crippen molar-refractivity contribution in [1.82, 2.24) is 10.2 Å². The predicted octanol–water partition coefficient (Wildman–Crippen LogP) is 1.72. The van der Waals surface area contributed by atoms with Gasteiger partial charge < -0.3 is 10.2 Å². The molecule has 1 aliphatic heterocycles. The summed E-state index contributed by atoms with van der Waals surface area (Å²) in [6, 6.07) is 12.3. The van der Waals surface area contributed by atoms with E-state index in [9.17, 15) is 10.1 Å². The number of amides is 1. The van der Waals surface area contributed by atoms with Gasteiger partial charge in [0.25, 0.3) is 0 Å². The van der Waals surface area contributed by atoms with Crippen molar-refractivity contribution in [1.29, 1.82) is 5.26 Å². The van der Waals surface area contributed by atoms with Crippen molar-refractivity contribution >= 4 is 5.91 Å². The lowest BCUT2D eigenvalue weighted by atomic mass is 9.89. The van der Waals surface area contributed by atoms with E-state index in [1.165, 1.54) is 0 Å². The van der Waals surface area contributed by atoms with E-state index in [1.54, 1.807) is 0 Å². The minimum absolute atomic E-state index is 0.0278. The van der Waals surface area contributed by atoms with Crippen molar-refractivity contribution < 1.29 is 4.79 Å². The van der Waals surface area contributed by atoms with Crippen LogP contribution in [0.5, 0.6) is 0 Å². The summed E-state index contributed by atoms with van der Waals surface area (Å²) in [4.78, 5) is 14.2. The number of carbonyl (C=O) groups is 1. The minimum atomic E-state index is -0.666. The van der Waals surface area contributed by atoms with Gasteiger partial charge in [0.15, 0.2) is 0 Å². The number of piperidine rings is 1. The Balaban J connectivity index is 1.85. The summed E-state index contributed by atoms with van der Waals surface area (Å²) in [5, 5.41) is 12.3. The van der Waals surface area contributed by atoms with Gasteiger partial charge in [0, 0.05) is 19.5 Å². The maximum absolute atomic E-state index is 12.1. The van der Waals surface area contributed by atoms with Crippen LogP contribution in [-0.2, 0) is 11.2 Å². The molecule has 4 heteroatoms. The molecule has 1 saturated heterocycles. The van der Waals surface area contributed by atoms with E-state index in [0.29, 0.717) is 25.7 Å². The highest BCUT2D eigenvalue weighted by molar-refractivity contribution is 5.77. The van der Waals surface area contributed by atoms with Crippen molar-refractivity contribution in [3.8, 4) is 6.07 Å². The fourth-order valence-electron chi connectivity index (χ4n) is 2.50. The van der Waals surface area contributed by atoms with Crippen molar-refractivity contribution in [3.05, 3.63) is 35.9 Å². The number of rotatable bonds is 4. The summed E-state index contributed by atoms with van der Waals surface area (Å²) in [6.07, 6.45) is 2.56. The number of likely N-dealkylation sites (tertiary alicyclic amines) is 1. The Morgan fingerprint density at radius 3 is 2.60 bits per heavy atom. The number of benzene rings is 1. The maximum Gasteiger partial charge on any atom is 0.221 e. The van der Waals surface area contributed by atoms with Crippen LogP contribution in [0.15, 0.2) is 30.3 Å². The van der Waals surface area contributed by atoms with Gasteiger partial charge in [-0.1, -0.05) is 30.3 Å². The van der Waals surface area contributed by atoms with Crippen LogP contribution in [0.1, 0.15) is 24.8 Å². The highest BCUT2D eigenvalue weighted by Gasteiger charge is 2.34. The van der Waals surface area contributed by atoms with Crippen LogP contribution in [0.2, 0.25) is 0 Å². The molecule has 1 fully saturated rings. The fourth-order valence-corrected chi connectivity index (χ4v) is 2.50. The first kappa shape index (κ1) is 14.5. The number of nitrogens with one attached hydrogen (secondary N) is 1. The number of nitrogens with zero attached hydrogens (tertiary/aromatic N) is 2. The molecule has 1 aromatic carbocycles. The normalized spacial score (nSPS) is 18.2. The topological polar surface area (TPSA) is 56.1 Å². The predicted molar refractivity (Wildman–Crippen MR) is 78.0 cm³/mol. The molecule has 1 amide bonds. The molecule has 0 aliphatic carbocycles. The molecule has 2 rings (SSSR count). The first-order valence-electron chi connectivity index (χ1n) is 7.08. The lowest BCUT2D eigenvalue weighted by molar-refractivity contribution is -0.122. The molecule has 0 spiro atoms. The zero-order chi connectivity index (χ0) is 14.4. The van der Waals surface area contributed by atoms with E-state index in [1.807, 2.05) is 37.4 Å². The second kappa shape index (κ2) is 6.53. The molecule has 4 nitrogen and oxygen atoms in total. The summed E-state index contributed by atoms with van der Waals surface area (Å²) in [7, 11) is 2.04. The smallest absolute Gasteiger partial charge is 0.221 e. The van der Waals surface area contributed by atoms with E-state index in [4.69, 9.17) is 0 Å². The van der Waals surface area contributed by atoms with Gasteiger partial charge in [0.2, 0.25) is 5.91 Å². The SMILES string of the molecule is CN1CCC(C#N)(NC(=O)CCc2ccccc2)CC1. The highest BCUT2D eigenvalue weighted by atomic mass is 16.1. The Kier molecular flexibility index (Phi) is 4.75. The molecular weight excluding hydrogens is 250 g/mol. The quantitative estimate of drug-likeness (QED) is 0.907.